The fourth-order valence-corrected chi connectivity index (χ4v) is 3.73. The van der Waals surface area contributed by atoms with Crippen LogP contribution in [0.1, 0.15) is 33.9 Å². The Bertz CT molecular complexity index is 1230. The van der Waals surface area contributed by atoms with E-state index < -0.39 is 11.7 Å². The van der Waals surface area contributed by atoms with Crippen molar-refractivity contribution < 1.29 is 18.0 Å². The van der Waals surface area contributed by atoms with Gasteiger partial charge >= 0.3 is 6.18 Å². The average molecular weight is 447 g/mol. The maximum atomic E-state index is 12.7. The molecule has 3 heterocycles. The Hall–Kier alpha value is -3.54. The number of nitrogens with zero attached hydrogens (tertiary/aromatic N) is 5. The molecule has 1 aromatic carbocycles. The first-order valence-electron chi connectivity index (χ1n) is 9.06. The molecule has 8 nitrogen and oxygen atoms in total. The molecule has 0 bridgehead atoms. The average Bonchev–Trinajstić information content (AvgIpc) is 3.35. The van der Waals surface area contributed by atoms with Crippen LogP contribution in [0.2, 0.25) is 0 Å². The predicted octanol–water partition coefficient (Wildman–Crippen LogP) is 4.07. The summed E-state index contributed by atoms with van der Waals surface area (Å²) in [6.07, 6.45) is 0.0589. The van der Waals surface area contributed by atoms with Crippen molar-refractivity contribution in [3.05, 3.63) is 59.1 Å². The van der Waals surface area contributed by atoms with Gasteiger partial charge in [-0.2, -0.15) is 18.3 Å². The fourth-order valence-electron chi connectivity index (χ4n) is 2.89. The van der Waals surface area contributed by atoms with Gasteiger partial charge in [-0.3, -0.25) is 9.48 Å². The first-order valence-corrected chi connectivity index (χ1v) is 9.87. The number of amides is 1. The van der Waals surface area contributed by atoms with Gasteiger partial charge in [0.1, 0.15) is 12.0 Å². The molecule has 1 atom stereocenters. The summed E-state index contributed by atoms with van der Waals surface area (Å²) in [7, 11) is 1.72. The third-order valence-corrected chi connectivity index (χ3v) is 5.60. The van der Waals surface area contributed by atoms with E-state index in [-0.39, 0.29) is 17.6 Å². The van der Waals surface area contributed by atoms with Gasteiger partial charge in [0.05, 0.1) is 23.2 Å². The Morgan fingerprint density at radius 3 is 2.58 bits per heavy atom. The molecule has 31 heavy (non-hydrogen) atoms. The van der Waals surface area contributed by atoms with E-state index in [0.29, 0.717) is 21.9 Å². The summed E-state index contributed by atoms with van der Waals surface area (Å²) < 4.78 is 39.6. The number of aryl methyl sites for hydroxylation is 1. The number of carbonyl (C=O) groups is 1. The molecule has 4 rings (SSSR count). The maximum Gasteiger partial charge on any atom is 0.416 e. The number of halogens is 3. The molecule has 0 aliphatic rings. The van der Waals surface area contributed by atoms with Gasteiger partial charge in [0.25, 0.3) is 5.91 Å². The van der Waals surface area contributed by atoms with Crippen molar-refractivity contribution in [2.75, 3.05) is 5.32 Å². The Morgan fingerprint density at radius 2 is 1.87 bits per heavy atom. The number of hydrogen-bond donors (Lipinski definition) is 2. The van der Waals surface area contributed by atoms with Gasteiger partial charge in [0, 0.05) is 23.8 Å². The molecular formula is C19H16F3N7OS. The van der Waals surface area contributed by atoms with Crippen molar-refractivity contribution in [3.63, 3.8) is 0 Å². The zero-order chi connectivity index (χ0) is 22.2. The molecule has 2 N–H and O–H groups in total. The minimum Gasteiger partial charge on any atom is -0.343 e. The Morgan fingerprint density at radius 1 is 1.13 bits per heavy atom. The van der Waals surface area contributed by atoms with Gasteiger partial charge in [0.15, 0.2) is 10.8 Å². The summed E-state index contributed by atoms with van der Waals surface area (Å²) in [5.74, 6) is -0.376. The highest BCUT2D eigenvalue weighted by atomic mass is 32.1. The Balaban J connectivity index is 1.44. The lowest BCUT2D eigenvalue weighted by molar-refractivity contribution is -0.137. The zero-order valence-corrected chi connectivity index (χ0v) is 17.1. The predicted molar refractivity (Wildman–Crippen MR) is 109 cm³/mol. The summed E-state index contributed by atoms with van der Waals surface area (Å²) in [6.45, 7) is 1.80. The van der Waals surface area contributed by atoms with Crippen molar-refractivity contribution in [3.8, 4) is 0 Å². The highest BCUT2D eigenvalue weighted by Gasteiger charge is 2.30. The lowest BCUT2D eigenvalue weighted by atomic mass is 10.2. The highest BCUT2D eigenvalue weighted by Crippen LogP contribution is 2.31. The molecule has 1 amide bonds. The standard InChI is InChI=1S/C19H16F3N7OS/c1-10(27-17(30)15-13-7-26-29(2)16(13)25-9-24-15)14-8-23-18(31-14)28-12-5-3-11(4-6-12)19(20,21)22/h3-10H,1-2H3,(H,23,28)(H,27,30). The topological polar surface area (TPSA) is 97.6 Å². The Labute approximate surface area is 178 Å². The van der Waals surface area contributed by atoms with Gasteiger partial charge in [-0.15, -0.1) is 0 Å². The van der Waals surface area contributed by atoms with Crippen molar-refractivity contribution in [2.24, 2.45) is 7.05 Å². The number of nitrogens with one attached hydrogen (secondary N) is 2. The number of benzene rings is 1. The molecule has 160 valence electrons. The van der Waals surface area contributed by atoms with Crippen LogP contribution < -0.4 is 10.6 Å². The molecule has 12 heteroatoms. The summed E-state index contributed by atoms with van der Waals surface area (Å²) in [5.41, 5.74) is 0.526. The maximum absolute atomic E-state index is 12.7. The first-order chi connectivity index (χ1) is 14.7. The van der Waals surface area contributed by atoms with Crippen LogP contribution in [-0.2, 0) is 13.2 Å². The van der Waals surface area contributed by atoms with Gasteiger partial charge in [-0.05, 0) is 31.2 Å². The number of hydrogen-bond acceptors (Lipinski definition) is 7. The summed E-state index contributed by atoms with van der Waals surface area (Å²) >= 11 is 1.28. The van der Waals surface area contributed by atoms with Gasteiger partial charge < -0.3 is 10.6 Å². The minimum atomic E-state index is -4.38. The minimum absolute atomic E-state index is 0.220. The molecule has 0 saturated carbocycles. The number of aromatic nitrogens is 5. The third kappa shape index (κ3) is 4.33. The lowest BCUT2D eigenvalue weighted by Crippen LogP contribution is -2.27. The van der Waals surface area contributed by atoms with E-state index in [9.17, 15) is 18.0 Å². The van der Waals surface area contributed by atoms with Crippen LogP contribution in [0.15, 0.2) is 43.0 Å². The van der Waals surface area contributed by atoms with Gasteiger partial charge in [-0.25, -0.2) is 15.0 Å². The SMILES string of the molecule is CC(NC(=O)c1ncnc2c1cnn2C)c1cnc(Nc2ccc(C(F)(F)F)cc2)s1. The van der Waals surface area contributed by atoms with Crippen LogP contribution in [-0.4, -0.2) is 30.6 Å². The van der Waals surface area contributed by atoms with Crippen LogP contribution in [0.25, 0.3) is 11.0 Å². The zero-order valence-electron chi connectivity index (χ0n) is 16.3. The van der Waals surface area contributed by atoms with Crippen LogP contribution in [0.4, 0.5) is 24.0 Å². The number of anilines is 2. The second-order valence-corrected chi connectivity index (χ2v) is 7.75. The highest BCUT2D eigenvalue weighted by molar-refractivity contribution is 7.15. The van der Waals surface area contributed by atoms with E-state index >= 15 is 0 Å². The summed E-state index contributed by atoms with van der Waals surface area (Å²) in [4.78, 5) is 25.9. The fraction of sp³-hybridized carbons (Fsp3) is 0.211. The number of thiazole rings is 1. The van der Waals surface area contributed by atoms with Crippen molar-refractivity contribution >= 4 is 39.1 Å². The van der Waals surface area contributed by atoms with Gasteiger partial charge in [0.2, 0.25) is 0 Å². The molecular weight excluding hydrogens is 431 g/mol. The molecule has 3 aromatic heterocycles. The second kappa shape index (κ2) is 7.95. The molecule has 0 radical (unpaired) electrons. The summed E-state index contributed by atoms with van der Waals surface area (Å²) in [5, 5.41) is 11.0. The molecule has 0 aliphatic carbocycles. The summed E-state index contributed by atoms with van der Waals surface area (Å²) in [6, 6.07) is 4.31. The van der Waals surface area contributed by atoms with E-state index in [0.717, 1.165) is 17.0 Å². The Kier molecular flexibility index (Phi) is 5.31. The van der Waals surface area contributed by atoms with E-state index in [1.807, 2.05) is 0 Å². The molecule has 0 aliphatic heterocycles. The quantitative estimate of drug-likeness (QED) is 0.479. The lowest BCUT2D eigenvalue weighted by Gasteiger charge is -2.11. The monoisotopic (exact) mass is 447 g/mol. The van der Waals surface area contributed by atoms with Gasteiger partial charge in [-0.1, -0.05) is 11.3 Å². The first kappa shape index (κ1) is 20.7. The molecule has 0 fully saturated rings. The number of carbonyl (C=O) groups excluding carboxylic acids is 1. The molecule has 1 unspecified atom stereocenters. The van der Waals surface area contributed by atoms with Crippen LogP contribution in [0, 0.1) is 0 Å². The van der Waals surface area contributed by atoms with E-state index in [4.69, 9.17) is 0 Å². The van der Waals surface area contributed by atoms with Crippen molar-refractivity contribution in [1.82, 2.24) is 30.0 Å². The van der Waals surface area contributed by atoms with Crippen molar-refractivity contribution in [2.45, 2.75) is 19.1 Å². The number of fused-ring (bicyclic) bond motifs is 1. The number of alkyl halides is 3. The normalized spacial score (nSPS) is 12.7. The van der Waals surface area contributed by atoms with E-state index in [1.165, 1.54) is 36.0 Å². The van der Waals surface area contributed by atoms with Crippen LogP contribution in [0.5, 0.6) is 0 Å². The van der Waals surface area contributed by atoms with E-state index in [2.05, 4.69) is 30.7 Å². The smallest absolute Gasteiger partial charge is 0.343 e. The van der Waals surface area contributed by atoms with E-state index in [1.54, 1.807) is 24.9 Å². The molecule has 0 saturated heterocycles. The van der Waals surface area contributed by atoms with Crippen LogP contribution in [0.3, 0.4) is 0 Å². The third-order valence-electron chi connectivity index (χ3n) is 4.51. The molecule has 4 aromatic rings. The van der Waals surface area contributed by atoms with Crippen molar-refractivity contribution in [1.29, 1.82) is 0 Å². The second-order valence-electron chi connectivity index (χ2n) is 6.69. The largest absolute Gasteiger partial charge is 0.416 e. The molecule has 0 spiro atoms. The number of rotatable bonds is 5. The van der Waals surface area contributed by atoms with Crippen LogP contribution >= 0.6 is 11.3 Å².